The molecule has 0 saturated carbocycles. The zero-order valence-electron chi connectivity index (χ0n) is 15.2. The SMILES string of the molecule is Cc1c2c(c(C(=O)Nc3ccc(F)c(F)c3)n1C)CCC(C)(C)NC2=O. The normalized spacial score (nSPS) is 15.8. The molecule has 1 aliphatic heterocycles. The Morgan fingerprint density at radius 1 is 1.27 bits per heavy atom. The summed E-state index contributed by atoms with van der Waals surface area (Å²) in [4.78, 5) is 25.4. The monoisotopic (exact) mass is 361 g/mol. The van der Waals surface area contributed by atoms with Gasteiger partial charge in [0.15, 0.2) is 11.6 Å². The average Bonchev–Trinajstić information content (AvgIpc) is 2.72. The quantitative estimate of drug-likeness (QED) is 0.862. The van der Waals surface area contributed by atoms with Gasteiger partial charge in [0.2, 0.25) is 0 Å². The number of nitrogens with one attached hydrogen (secondary N) is 2. The third kappa shape index (κ3) is 3.09. The van der Waals surface area contributed by atoms with E-state index in [1.54, 1.807) is 18.5 Å². The highest BCUT2D eigenvalue weighted by molar-refractivity contribution is 6.08. The highest BCUT2D eigenvalue weighted by Crippen LogP contribution is 2.29. The van der Waals surface area contributed by atoms with Crippen LogP contribution in [0.15, 0.2) is 18.2 Å². The molecule has 2 amide bonds. The summed E-state index contributed by atoms with van der Waals surface area (Å²) in [6.07, 6.45) is 1.24. The molecular weight excluding hydrogens is 340 g/mol. The summed E-state index contributed by atoms with van der Waals surface area (Å²) in [7, 11) is 1.71. The largest absolute Gasteiger partial charge is 0.347 e. The van der Waals surface area contributed by atoms with Gasteiger partial charge in [0.25, 0.3) is 11.8 Å². The van der Waals surface area contributed by atoms with Crippen LogP contribution in [0.2, 0.25) is 0 Å². The zero-order chi connectivity index (χ0) is 19.2. The fourth-order valence-electron chi connectivity index (χ4n) is 3.34. The molecule has 2 heterocycles. The number of aromatic nitrogens is 1. The van der Waals surface area contributed by atoms with E-state index in [1.165, 1.54) is 6.07 Å². The number of nitrogens with zero attached hydrogens (tertiary/aromatic N) is 1. The van der Waals surface area contributed by atoms with Gasteiger partial charge >= 0.3 is 0 Å². The van der Waals surface area contributed by atoms with Crippen molar-refractivity contribution in [3.05, 3.63) is 52.3 Å². The van der Waals surface area contributed by atoms with E-state index in [9.17, 15) is 18.4 Å². The number of amides is 2. The van der Waals surface area contributed by atoms with Gasteiger partial charge in [0, 0.05) is 30.0 Å². The molecule has 0 unspecified atom stereocenters. The van der Waals surface area contributed by atoms with Crippen molar-refractivity contribution in [2.45, 2.75) is 39.2 Å². The average molecular weight is 361 g/mol. The van der Waals surface area contributed by atoms with E-state index >= 15 is 0 Å². The lowest BCUT2D eigenvalue weighted by Gasteiger charge is -2.23. The lowest BCUT2D eigenvalue weighted by Crippen LogP contribution is -2.42. The van der Waals surface area contributed by atoms with Crippen molar-refractivity contribution >= 4 is 17.5 Å². The zero-order valence-corrected chi connectivity index (χ0v) is 15.2. The van der Waals surface area contributed by atoms with E-state index in [0.717, 1.165) is 12.1 Å². The van der Waals surface area contributed by atoms with E-state index in [1.807, 2.05) is 13.8 Å². The van der Waals surface area contributed by atoms with Crippen LogP contribution in [0.1, 0.15) is 52.4 Å². The Morgan fingerprint density at radius 2 is 1.96 bits per heavy atom. The maximum atomic E-state index is 13.4. The lowest BCUT2D eigenvalue weighted by molar-refractivity contribution is 0.0914. The molecule has 2 aromatic rings. The minimum atomic E-state index is -1.04. The molecule has 3 rings (SSSR count). The van der Waals surface area contributed by atoms with Gasteiger partial charge < -0.3 is 15.2 Å². The number of carbonyl (C=O) groups is 2. The molecule has 7 heteroatoms. The molecule has 26 heavy (non-hydrogen) atoms. The van der Waals surface area contributed by atoms with Gasteiger partial charge in [-0.15, -0.1) is 0 Å². The number of carbonyl (C=O) groups excluding carboxylic acids is 2. The summed E-state index contributed by atoms with van der Waals surface area (Å²) < 4.78 is 28.1. The molecule has 1 aromatic carbocycles. The van der Waals surface area contributed by atoms with Crippen LogP contribution in [0.5, 0.6) is 0 Å². The second-order valence-electron chi connectivity index (χ2n) is 7.27. The molecule has 0 saturated heterocycles. The number of rotatable bonds is 2. The number of benzene rings is 1. The van der Waals surface area contributed by atoms with E-state index < -0.39 is 17.5 Å². The van der Waals surface area contributed by atoms with Crippen LogP contribution in [0.4, 0.5) is 14.5 Å². The second kappa shape index (κ2) is 6.23. The van der Waals surface area contributed by atoms with Crippen molar-refractivity contribution in [2.75, 3.05) is 5.32 Å². The first-order valence-corrected chi connectivity index (χ1v) is 8.38. The summed E-state index contributed by atoms with van der Waals surface area (Å²) in [5, 5.41) is 5.57. The summed E-state index contributed by atoms with van der Waals surface area (Å²) in [6, 6.07) is 3.18. The molecule has 0 radical (unpaired) electrons. The van der Waals surface area contributed by atoms with Crippen LogP contribution in [0.25, 0.3) is 0 Å². The molecule has 0 fully saturated rings. The Balaban J connectivity index is 2.01. The first-order valence-electron chi connectivity index (χ1n) is 8.38. The predicted octanol–water partition coefficient (Wildman–Crippen LogP) is 3.32. The van der Waals surface area contributed by atoms with E-state index in [2.05, 4.69) is 10.6 Å². The van der Waals surface area contributed by atoms with Gasteiger partial charge in [-0.1, -0.05) is 0 Å². The predicted molar refractivity (Wildman–Crippen MR) is 94.3 cm³/mol. The van der Waals surface area contributed by atoms with Gasteiger partial charge in [0.05, 0.1) is 5.56 Å². The van der Waals surface area contributed by atoms with Crippen molar-refractivity contribution in [1.29, 1.82) is 0 Å². The Morgan fingerprint density at radius 3 is 2.62 bits per heavy atom. The van der Waals surface area contributed by atoms with Crippen molar-refractivity contribution in [2.24, 2.45) is 7.05 Å². The Labute approximate surface area is 150 Å². The fourth-order valence-corrected chi connectivity index (χ4v) is 3.34. The van der Waals surface area contributed by atoms with Crippen molar-refractivity contribution < 1.29 is 18.4 Å². The maximum Gasteiger partial charge on any atom is 0.272 e. The second-order valence-corrected chi connectivity index (χ2v) is 7.27. The fraction of sp³-hybridized carbons (Fsp3) is 0.368. The lowest BCUT2D eigenvalue weighted by atomic mass is 9.96. The Hall–Kier alpha value is -2.70. The van der Waals surface area contributed by atoms with E-state index in [-0.39, 0.29) is 17.1 Å². The number of anilines is 1. The first kappa shape index (κ1) is 18.1. The van der Waals surface area contributed by atoms with Gasteiger partial charge in [-0.3, -0.25) is 9.59 Å². The minimum absolute atomic E-state index is 0.153. The third-order valence-corrected chi connectivity index (χ3v) is 4.86. The van der Waals surface area contributed by atoms with Gasteiger partial charge in [-0.2, -0.15) is 0 Å². The molecule has 0 spiro atoms. The smallest absolute Gasteiger partial charge is 0.272 e. The third-order valence-electron chi connectivity index (χ3n) is 4.86. The Bertz CT molecular complexity index is 916. The van der Waals surface area contributed by atoms with Crippen LogP contribution in [-0.4, -0.2) is 21.9 Å². The minimum Gasteiger partial charge on any atom is -0.347 e. The molecule has 1 aliphatic rings. The molecule has 0 aliphatic carbocycles. The van der Waals surface area contributed by atoms with Crippen LogP contribution in [-0.2, 0) is 13.5 Å². The molecule has 0 bridgehead atoms. The summed E-state index contributed by atoms with van der Waals surface area (Å²) in [5.74, 6) is -2.69. The maximum absolute atomic E-state index is 13.4. The summed E-state index contributed by atoms with van der Waals surface area (Å²) in [5.41, 5.74) is 2.00. The highest BCUT2D eigenvalue weighted by atomic mass is 19.2. The molecule has 1 aromatic heterocycles. The number of halogens is 2. The van der Waals surface area contributed by atoms with Crippen molar-refractivity contribution in [3.8, 4) is 0 Å². The standard InChI is InChI=1S/C19H21F2N3O2/c1-10-15-12(7-8-19(2,3)23-17(15)25)16(24(10)4)18(26)22-11-5-6-13(20)14(21)9-11/h5-6,9H,7-8H2,1-4H3,(H,22,26)(H,23,25). The summed E-state index contributed by atoms with van der Waals surface area (Å²) >= 11 is 0. The summed E-state index contributed by atoms with van der Waals surface area (Å²) in [6.45, 7) is 5.66. The van der Waals surface area contributed by atoms with Gasteiger partial charge in [0.1, 0.15) is 5.69 Å². The van der Waals surface area contributed by atoms with Crippen LogP contribution in [0.3, 0.4) is 0 Å². The van der Waals surface area contributed by atoms with Crippen molar-refractivity contribution in [1.82, 2.24) is 9.88 Å². The first-order chi connectivity index (χ1) is 12.1. The topological polar surface area (TPSA) is 63.1 Å². The van der Waals surface area contributed by atoms with E-state index in [4.69, 9.17) is 0 Å². The van der Waals surface area contributed by atoms with Gasteiger partial charge in [-0.25, -0.2) is 8.78 Å². The van der Waals surface area contributed by atoms with Gasteiger partial charge in [-0.05, 0) is 51.3 Å². The van der Waals surface area contributed by atoms with E-state index in [0.29, 0.717) is 35.4 Å². The molecule has 5 nitrogen and oxygen atoms in total. The van der Waals surface area contributed by atoms with Crippen LogP contribution in [0, 0.1) is 18.6 Å². The Kier molecular flexibility index (Phi) is 4.34. The number of hydrogen-bond acceptors (Lipinski definition) is 2. The molecular formula is C19H21F2N3O2. The van der Waals surface area contributed by atoms with Crippen molar-refractivity contribution in [3.63, 3.8) is 0 Å². The molecule has 138 valence electrons. The molecule has 0 atom stereocenters. The van der Waals surface area contributed by atoms with Crippen LogP contribution >= 0.6 is 0 Å². The molecule has 2 N–H and O–H groups in total. The number of fused-ring (bicyclic) bond motifs is 1. The number of hydrogen-bond donors (Lipinski definition) is 2. The highest BCUT2D eigenvalue weighted by Gasteiger charge is 2.34. The van der Waals surface area contributed by atoms with Crippen LogP contribution < -0.4 is 10.6 Å².